The van der Waals surface area contributed by atoms with Gasteiger partial charge >= 0.3 is 0 Å². The molecule has 2 N–H and O–H groups in total. The Balaban J connectivity index is 1.96. The highest BCUT2D eigenvalue weighted by Gasteiger charge is 2.14. The molecule has 0 atom stereocenters. The van der Waals surface area contributed by atoms with E-state index in [1.807, 2.05) is 6.20 Å². The maximum atomic E-state index is 5.50. The van der Waals surface area contributed by atoms with Crippen LogP contribution in [0.1, 0.15) is 26.3 Å². The van der Waals surface area contributed by atoms with Crippen LogP contribution in [0, 0.1) is 0 Å². The van der Waals surface area contributed by atoms with Crippen LogP contribution < -0.4 is 5.14 Å². The highest BCUT2D eigenvalue weighted by Crippen LogP contribution is 2.27. The molecule has 6 heteroatoms. The van der Waals surface area contributed by atoms with Crippen molar-refractivity contribution in [2.75, 3.05) is 0 Å². The molecule has 0 aliphatic carbocycles. The van der Waals surface area contributed by atoms with Crippen molar-refractivity contribution in [1.82, 2.24) is 14.6 Å². The Morgan fingerprint density at radius 2 is 1.90 bits per heavy atom. The first-order valence-corrected chi connectivity index (χ1v) is 8.01. The van der Waals surface area contributed by atoms with Gasteiger partial charge in [-0.15, -0.1) is 5.10 Å². The summed E-state index contributed by atoms with van der Waals surface area (Å²) in [6.07, 6.45) is 1.94. The summed E-state index contributed by atoms with van der Waals surface area (Å²) in [6.45, 7) is 6.64. The van der Waals surface area contributed by atoms with Crippen molar-refractivity contribution >= 4 is 28.2 Å². The summed E-state index contributed by atoms with van der Waals surface area (Å²) in [5.74, 6) is 0. The highest BCUT2D eigenvalue weighted by atomic mass is 32.2. The van der Waals surface area contributed by atoms with E-state index in [-0.39, 0.29) is 5.41 Å². The maximum Gasteiger partial charge on any atom is 0.213 e. The topological polar surface area (TPSA) is 56.2 Å². The predicted octanol–water partition coefficient (Wildman–Crippen LogP) is 3.72. The van der Waals surface area contributed by atoms with Gasteiger partial charge in [0.15, 0.2) is 4.34 Å². The number of rotatable bonds is 2. The van der Waals surface area contributed by atoms with Crippen molar-refractivity contribution in [1.29, 1.82) is 0 Å². The number of nitrogens with two attached hydrogens (primary N) is 1. The van der Waals surface area contributed by atoms with Gasteiger partial charge in [-0.05, 0) is 22.9 Å². The summed E-state index contributed by atoms with van der Waals surface area (Å²) in [7, 11) is 0. The van der Waals surface area contributed by atoms with E-state index in [1.54, 1.807) is 4.52 Å². The molecular formula is C14H16N4S2. The fourth-order valence-corrected chi connectivity index (χ4v) is 3.18. The van der Waals surface area contributed by atoms with Crippen molar-refractivity contribution in [2.45, 2.75) is 30.5 Å². The minimum atomic E-state index is 0.169. The first-order valence-electron chi connectivity index (χ1n) is 6.31. The van der Waals surface area contributed by atoms with Gasteiger partial charge in [0.1, 0.15) is 0 Å². The Bertz CT molecular complexity index is 703. The molecule has 2 aromatic heterocycles. The van der Waals surface area contributed by atoms with Crippen LogP contribution in [0.25, 0.3) is 16.2 Å². The van der Waals surface area contributed by atoms with Gasteiger partial charge in [0.25, 0.3) is 0 Å². The molecule has 0 fully saturated rings. The average Bonchev–Trinajstić information content (AvgIpc) is 2.95. The summed E-state index contributed by atoms with van der Waals surface area (Å²) in [4.78, 5) is 5.46. The molecule has 0 aliphatic rings. The van der Waals surface area contributed by atoms with Gasteiger partial charge in [0.2, 0.25) is 4.96 Å². The largest absolute Gasteiger partial charge is 0.272 e. The van der Waals surface area contributed by atoms with Crippen molar-refractivity contribution in [3.8, 4) is 11.3 Å². The summed E-state index contributed by atoms with van der Waals surface area (Å²) in [6, 6.07) is 8.56. The molecule has 20 heavy (non-hydrogen) atoms. The first kappa shape index (κ1) is 13.6. The second-order valence-electron chi connectivity index (χ2n) is 5.67. The van der Waals surface area contributed by atoms with Crippen LogP contribution in [0.2, 0.25) is 0 Å². The molecule has 4 nitrogen and oxygen atoms in total. The zero-order valence-corrected chi connectivity index (χ0v) is 13.3. The SMILES string of the molecule is CC(C)(C)c1ccc(-c2cn3nc(SN)sc3n2)cc1. The minimum absolute atomic E-state index is 0.169. The maximum absolute atomic E-state index is 5.50. The predicted molar refractivity (Wildman–Crippen MR) is 85.0 cm³/mol. The first-order chi connectivity index (χ1) is 9.47. The molecular weight excluding hydrogens is 288 g/mol. The Kier molecular flexibility index (Phi) is 3.32. The Morgan fingerprint density at radius 3 is 2.45 bits per heavy atom. The second-order valence-corrected chi connectivity index (χ2v) is 7.50. The van der Waals surface area contributed by atoms with Crippen LogP contribution in [0.5, 0.6) is 0 Å². The summed E-state index contributed by atoms with van der Waals surface area (Å²) in [5.41, 5.74) is 3.54. The number of benzene rings is 1. The number of nitrogens with zero attached hydrogens (tertiary/aromatic N) is 3. The third-order valence-electron chi connectivity index (χ3n) is 3.17. The van der Waals surface area contributed by atoms with Crippen LogP contribution in [-0.2, 0) is 5.41 Å². The molecule has 0 amide bonds. The minimum Gasteiger partial charge on any atom is -0.272 e. The van der Waals surface area contributed by atoms with Gasteiger partial charge < -0.3 is 0 Å². The van der Waals surface area contributed by atoms with Gasteiger partial charge in [-0.25, -0.2) is 9.50 Å². The van der Waals surface area contributed by atoms with Gasteiger partial charge in [-0.1, -0.05) is 56.4 Å². The van der Waals surface area contributed by atoms with Crippen LogP contribution in [0.15, 0.2) is 34.8 Å². The van der Waals surface area contributed by atoms with Crippen molar-refractivity contribution in [3.63, 3.8) is 0 Å². The van der Waals surface area contributed by atoms with E-state index in [0.717, 1.165) is 32.5 Å². The van der Waals surface area contributed by atoms with E-state index in [4.69, 9.17) is 5.14 Å². The Labute approximate surface area is 126 Å². The van der Waals surface area contributed by atoms with Gasteiger partial charge in [-0.2, -0.15) is 0 Å². The molecule has 3 aromatic rings. The van der Waals surface area contributed by atoms with Gasteiger partial charge in [0.05, 0.1) is 11.9 Å². The second kappa shape index (κ2) is 4.87. The standard InChI is InChI=1S/C14H16N4S2/c1-14(2,3)10-6-4-9(5-7-10)11-8-18-12(16-11)19-13(17-18)20-15/h4-8H,15H2,1-3H3. The molecule has 0 saturated heterocycles. The summed E-state index contributed by atoms with van der Waals surface area (Å²) >= 11 is 2.65. The molecule has 0 radical (unpaired) electrons. The molecule has 0 saturated carbocycles. The molecule has 0 bridgehead atoms. The number of hydrogen-bond donors (Lipinski definition) is 1. The van der Waals surface area contributed by atoms with Crippen molar-refractivity contribution in [3.05, 3.63) is 36.0 Å². The van der Waals surface area contributed by atoms with Crippen molar-refractivity contribution < 1.29 is 0 Å². The number of imidazole rings is 1. The summed E-state index contributed by atoms with van der Waals surface area (Å²) in [5, 5.41) is 9.85. The van der Waals surface area contributed by atoms with Crippen LogP contribution in [0.3, 0.4) is 0 Å². The lowest BCUT2D eigenvalue weighted by Crippen LogP contribution is -2.10. The molecule has 0 spiro atoms. The third-order valence-corrected chi connectivity index (χ3v) is 4.71. The van der Waals surface area contributed by atoms with Crippen LogP contribution >= 0.6 is 23.3 Å². The Hall–Kier alpha value is -1.37. The van der Waals surface area contributed by atoms with E-state index in [9.17, 15) is 0 Å². The van der Waals surface area contributed by atoms with Gasteiger partial charge in [-0.3, -0.25) is 5.14 Å². The lowest BCUT2D eigenvalue weighted by atomic mass is 9.86. The normalized spacial score (nSPS) is 12.2. The zero-order valence-electron chi connectivity index (χ0n) is 11.6. The summed E-state index contributed by atoms with van der Waals surface area (Å²) < 4.78 is 2.61. The quantitative estimate of drug-likeness (QED) is 0.733. The van der Waals surface area contributed by atoms with Crippen LogP contribution in [-0.4, -0.2) is 14.6 Å². The van der Waals surface area contributed by atoms with E-state index < -0.39 is 0 Å². The third kappa shape index (κ3) is 2.46. The fraction of sp³-hybridized carbons (Fsp3) is 0.286. The average molecular weight is 304 g/mol. The lowest BCUT2D eigenvalue weighted by Gasteiger charge is -2.18. The van der Waals surface area contributed by atoms with E-state index >= 15 is 0 Å². The zero-order chi connectivity index (χ0) is 14.3. The number of aromatic nitrogens is 3. The molecule has 104 valence electrons. The monoisotopic (exact) mass is 304 g/mol. The Morgan fingerprint density at radius 1 is 1.20 bits per heavy atom. The molecule has 2 heterocycles. The lowest BCUT2D eigenvalue weighted by molar-refractivity contribution is 0.590. The number of fused-ring (bicyclic) bond motifs is 1. The number of hydrogen-bond acceptors (Lipinski definition) is 5. The smallest absolute Gasteiger partial charge is 0.213 e. The van der Waals surface area contributed by atoms with Crippen LogP contribution in [0.4, 0.5) is 0 Å². The van der Waals surface area contributed by atoms with Crippen molar-refractivity contribution in [2.24, 2.45) is 5.14 Å². The highest BCUT2D eigenvalue weighted by molar-refractivity contribution is 7.98. The van der Waals surface area contributed by atoms with E-state index in [0.29, 0.717) is 0 Å². The van der Waals surface area contributed by atoms with Gasteiger partial charge in [0, 0.05) is 5.56 Å². The molecule has 3 rings (SSSR count). The molecule has 1 aromatic carbocycles. The van der Waals surface area contributed by atoms with E-state index in [2.05, 4.69) is 55.1 Å². The molecule has 0 aliphatic heterocycles. The molecule has 0 unspecified atom stereocenters. The van der Waals surface area contributed by atoms with E-state index in [1.165, 1.54) is 16.9 Å². The fourth-order valence-electron chi connectivity index (χ4n) is 2.01.